The normalized spacial score (nSPS) is 29.5. The molecule has 17 heavy (non-hydrogen) atoms. The Labute approximate surface area is 106 Å². The third-order valence-electron chi connectivity index (χ3n) is 3.94. The van der Waals surface area contributed by atoms with Gasteiger partial charge in [-0.15, -0.1) is 0 Å². The van der Waals surface area contributed by atoms with Crippen molar-refractivity contribution in [3.63, 3.8) is 0 Å². The van der Waals surface area contributed by atoms with Gasteiger partial charge in [-0.2, -0.15) is 0 Å². The van der Waals surface area contributed by atoms with E-state index in [0.717, 1.165) is 32.6 Å². The fourth-order valence-corrected chi connectivity index (χ4v) is 2.58. The lowest BCUT2D eigenvalue weighted by Gasteiger charge is -2.42. The van der Waals surface area contributed by atoms with Gasteiger partial charge in [0.25, 0.3) is 0 Å². The van der Waals surface area contributed by atoms with E-state index in [4.69, 9.17) is 0 Å². The van der Waals surface area contributed by atoms with Gasteiger partial charge in [0.05, 0.1) is 6.61 Å². The minimum atomic E-state index is 0.243. The summed E-state index contributed by atoms with van der Waals surface area (Å²) in [4.78, 5) is 4.97. The molecule has 0 bridgehead atoms. The quantitative estimate of drug-likeness (QED) is 0.707. The van der Waals surface area contributed by atoms with Crippen LogP contribution in [0.3, 0.4) is 0 Å². The molecule has 2 N–H and O–H groups in total. The Kier molecular flexibility index (Phi) is 6.41. The van der Waals surface area contributed by atoms with Crippen LogP contribution in [0.1, 0.15) is 27.2 Å². The Hall–Kier alpha value is -0.160. The lowest BCUT2D eigenvalue weighted by molar-refractivity contribution is 0.0562. The Morgan fingerprint density at radius 2 is 1.88 bits per heavy atom. The molecule has 1 fully saturated rings. The van der Waals surface area contributed by atoms with Crippen molar-refractivity contribution in [2.45, 2.75) is 45.3 Å². The first-order valence-corrected chi connectivity index (χ1v) is 6.87. The second kappa shape index (κ2) is 7.31. The molecule has 0 amide bonds. The molecule has 3 unspecified atom stereocenters. The number of hydrogen-bond acceptors (Lipinski definition) is 4. The smallest absolute Gasteiger partial charge is 0.0585 e. The summed E-state index contributed by atoms with van der Waals surface area (Å²) in [6, 6.07) is 1.51. The van der Waals surface area contributed by atoms with Gasteiger partial charge in [-0.1, -0.05) is 6.92 Å². The third kappa shape index (κ3) is 4.54. The summed E-state index contributed by atoms with van der Waals surface area (Å²) in [5.41, 5.74) is 0. The molecule has 0 radical (unpaired) electrons. The third-order valence-corrected chi connectivity index (χ3v) is 3.94. The van der Waals surface area contributed by atoms with Gasteiger partial charge in [-0.3, -0.25) is 4.90 Å². The molecule has 0 saturated carbocycles. The SMILES string of the molecule is CCNC(CO)CCN1CC(C)N(C)C(C)C1. The highest BCUT2D eigenvalue weighted by atomic mass is 16.3. The van der Waals surface area contributed by atoms with E-state index in [1.165, 1.54) is 0 Å². The maximum atomic E-state index is 9.24. The molecule has 0 aliphatic carbocycles. The van der Waals surface area contributed by atoms with E-state index in [-0.39, 0.29) is 12.6 Å². The van der Waals surface area contributed by atoms with Crippen LogP contribution >= 0.6 is 0 Å². The van der Waals surface area contributed by atoms with Crippen molar-refractivity contribution >= 4 is 0 Å². The topological polar surface area (TPSA) is 38.7 Å². The van der Waals surface area contributed by atoms with Crippen molar-refractivity contribution in [3.05, 3.63) is 0 Å². The molecule has 1 aliphatic rings. The van der Waals surface area contributed by atoms with Crippen LogP contribution in [0.5, 0.6) is 0 Å². The van der Waals surface area contributed by atoms with Gasteiger partial charge < -0.3 is 15.3 Å². The van der Waals surface area contributed by atoms with Crippen LogP contribution in [0.25, 0.3) is 0 Å². The van der Waals surface area contributed by atoms with E-state index in [1.54, 1.807) is 0 Å². The first-order chi connectivity index (χ1) is 8.08. The van der Waals surface area contributed by atoms with Gasteiger partial charge in [-0.05, 0) is 40.4 Å². The molecule has 1 aliphatic heterocycles. The van der Waals surface area contributed by atoms with Gasteiger partial charge in [-0.25, -0.2) is 0 Å². The number of aliphatic hydroxyl groups excluding tert-OH is 1. The van der Waals surface area contributed by atoms with E-state index >= 15 is 0 Å². The molecule has 1 heterocycles. The Bertz CT molecular complexity index is 201. The van der Waals surface area contributed by atoms with E-state index in [9.17, 15) is 5.11 Å². The molecule has 102 valence electrons. The highest BCUT2D eigenvalue weighted by Gasteiger charge is 2.26. The molecular formula is C13H29N3O. The Morgan fingerprint density at radius 3 is 2.35 bits per heavy atom. The van der Waals surface area contributed by atoms with E-state index in [2.05, 4.69) is 42.9 Å². The average molecular weight is 243 g/mol. The standard InChI is InChI=1S/C13H29N3O/c1-5-14-13(10-17)6-7-16-8-11(2)15(4)12(3)9-16/h11-14,17H,5-10H2,1-4H3. The fraction of sp³-hybridized carbons (Fsp3) is 1.00. The summed E-state index contributed by atoms with van der Waals surface area (Å²) in [6.07, 6.45) is 1.04. The maximum absolute atomic E-state index is 9.24. The van der Waals surface area contributed by atoms with Crippen molar-refractivity contribution in [1.29, 1.82) is 0 Å². The number of nitrogens with one attached hydrogen (secondary N) is 1. The summed E-state index contributed by atoms with van der Waals surface area (Å²) in [5, 5.41) is 12.6. The molecule has 4 nitrogen and oxygen atoms in total. The first-order valence-electron chi connectivity index (χ1n) is 6.87. The predicted octanol–water partition coefficient (Wildman–Crippen LogP) is 0.371. The number of rotatable bonds is 6. The number of aliphatic hydroxyl groups is 1. The van der Waals surface area contributed by atoms with Crippen molar-refractivity contribution < 1.29 is 5.11 Å². The second-order valence-electron chi connectivity index (χ2n) is 5.35. The number of piperazine rings is 1. The lowest BCUT2D eigenvalue weighted by Crippen LogP contribution is -2.55. The van der Waals surface area contributed by atoms with E-state index in [1.807, 2.05) is 0 Å². The minimum Gasteiger partial charge on any atom is -0.395 e. The molecule has 0 aromatic rings. The summed E-state index contributed by atoms with van der Waals surface area (Å²) < 4.78 is 0. The van der Waals surface area contributed by atoms with Crippen LogP contribution in [-0.4, -0.2) is 72.9 Å². The van der Waals surface area contributed by atoms with Crippen molar-refractivity contribution in [1.82, 2.24) is 15.1 Å². The van der Waals surface area contributed by atoms with Gasteiger partial charge in [0.15, 0.2) is 0 Å². The number of likely N-dealkylation sites (N-methyl/N-ethyl adjacent to an activating group) is 2. The molecular weight excluding hydrogens is 214 g/mol. The second-order valence-corrected chi connectivity index (χ2v) is 5.35. The monoisotopic (exact) mass is 243 g/mol. The number of hydrogen-bond donors (Lipinski definition) is 2. The van der Waals surface area contributed by atoms with Crippen LogP contribution in [0.15, 0.2) is 0 Å². The zero-order valence-electron chi connectivity index (χ0n) is 11.8. The maximum Gasteiger partial charge on any atom is 0.0585 e. The molecule has 1 rings (SSSR count). The van der Waals surface area contributed by atoms with Crippen LogP contribution in [-0.2, 0) is 0 Å². The summed E-state index contributed by atoms with van der Waals surface area (Å²) in [6.45, 7) is 11.2. The zero-order chi connectivity index (χ0) is 12.8. The molecule has 3 atom stereocenters. The lowest BCUT2D eigenvalue weighted by atomic mass is 10.1. The van der Waals surface area contributed by atoms with Crippen molar-refractivity contribution in [2.75, 3.05) is 39.8 Å². The summed E-state index contributed by atoms with van der Waals surface area (Å²) >= 11 is 0. The molecule has 0 aromatic heterocycles. The van der Waals surface area contributed by atoms with Crippen LogP contribution in [0.4, 0.5) is 0 Å². The predicted molar refractivity (Wildman–Crippen MR) is 72.3 cm³/mol. The van der Waals surface area contributed by atoms with E-state index in [0.29, 0.717) is 12.1 Å². The summed E-state index contributed by atoms with van der Waals surface area (Å²) in [7, 11) is 2.21. The van der Waals surface area contributed by atoms with Crippen LogP contribution in [0, 0.1) is 0 Å². The van der Waals surface area contributed by atoms with Crippen molar-refractivity contribution in [3.8, 4) is 0 Å². The van der Waals surface area contributed by atoms with Gasteiger partial charge in [0.1, 0.15) is 0 Å². The zero-order valence-corrected chi connectivity index (χ0v) is 11.8. The van der Waals surface area contributed by atoms with Crippen LogP contribution < -0.4 is 5.32 Å². The van der Waals surface area contributed by atoms with Crippen molar-refractivity contribution in [2.24, 2.45) is 0 Å². The van der Waals surface area contributed by atoms with E-state index < -0.39 is 0 Å². The molecule has 0 spiro atoms. The molecule has 0 aromatic carbocycles. The molecule has 4 heteroatoms. The highest BCUT2D eigenvalue weighted by molar-refractivity contribution is 4.83. The summed E-state index contributed by atoms with van der Waals surface area (Å²) in [5.74, 6) is 0. The first kappa shape index (κ1) is 14.9. The largest absolute Gasteiger partial charge is 0.395 e. The van der Waals surface area contributed by atoms with Gasteiger partial charge >= 0.3 is 0 Å². The van der Waals surface area contributed by atoms with Gasteiger partial charge in [0.2, 0.25) is 0 Å². The Balaban J connectivity index is 2.32. The Morgan fingerprint density at radius 1 is 1.29 bits per heavy atom. The highest BCUT2D eigenvalue weighted by Crippen LogP contribution is 2.13. The van der Waals surface area contributed by atoms with Gasteiger partial charge in [0, 0.05) is 31.2 Å². The van der Waals surface area contributed by atoms with Crippen LogP contribution in [0.2, 0.25) is 0 Å². The average Bonchev–Trinajstić information content (AvgIpc) is 2.31. The fourth-order valence-electron chi connectivity index (χ4n) is 2.58. The molecule has 1 saturated heterocycles. The minimum absolute atomic E-state index is 0.243. The number of nitrogens with zero attached hydrogens (tertiary/aromatic N) is 2.